The minimum atomic E-state index is -0.505. The summed E-state index contributed by atoms with van der Waals surface area (Å²) in [6, 6.07) is 4.59. The van der Waals surface area contributed by atoms with Crippen LogP contribution in [0.5, 0.6) is 0 Å². The third-order valence-electron chi connectivity index (χ3n) is 4.00. The van der Waals surface area contributed by atoms with Gasteiger partial charge in [-0.2, -0.15) is 0 Å². The van der Waals surface area contributed by atoms with Gasteiger partial charge < -0.3 is 5.32 Å². The van der Waals surface area contributed by atoms with Gasteiger partial charge in [0.15, 0.2) is 0 Å². The van der Waals surface area contributed by atoms with Crippen LogP contribution in [0.1, 0.15) is 30.8 Å². The molecule has 1 N–H and O–H groups in total. The van der Waals surface area contributed by atoms with E-state index in [-0.39, 0.29) is 17.9 Å². The lowest BCUT2D eigenvalue weighted by Crippen LogP contribution is -2.24. The Labute approximate surface area is 174 Å². The number of carbonyl (C=O) groups excluding carboxylic acids is 1. The standard InChI is InChI=1S/C22H22ClFN4O/c1-5-17(12-25-7-3)27-21(29)11-15-8-9-16(10-19(15)24)20-13-26-14(4)22(28-20)18(23)6-2/h5-10,12-13H,1,11H2,2-4H3,(H,27,29)/b17-12+,18-6+,25-7-. The molecule has 0 saturated carbocycles. The van der Waals surface area contributed by atoms with E-state index in [0.29, 0.717) is 33.4 Å². The number of allylic oxidation sites excluding steroid dienone is 2. The number of aryl methyl sites for hydroxylation is 1. The first-order valence-corrected chi connectivity index (χ1v) is 9.32. The van der Waals surface area contributed by atoms with E-state index in [1.165, 1.54) is 18.3 Å². The number of nitrogens with zero attached hydrogens (tertiary/aromatic N) is 3. The summed E-state index contributed by atoms with van der Waals surface area (Å²) in [5.41, 5.74) is 2.98. The summed E-state index contributed by atoms with van der Waals surface area (Å²) >= 11 is 6.17. The van der Waals surface area contributed by atoms with E-state index in [4.69, 9.17) is 11.6 Å². The molecule has 1 aromatic carbocycles. The topological polar surface area (TPSA) is 67.2 Å². The zero-order chi connectivity index (χ0) is 21.4. The first kappa shape index (κ1) is 22.2. The molecule has 7 heteroatoms. The van der Waals surface area contributed by atoms with Gasteiger partial charge in [-0.1, -0.05) is 36.4 Å². The van der Waals surface area contributed by atoms with Gasteiger partial charge in [0.1, 0.15) is 11.5 Å². The van der Waals surface area contributed by atoms with Gasteiger partial charge in [0, 0.05) is 18.0 Å². The predicted molar refractivity (Wildman–Crippen MR) is 116 cm³/mol. The summed E-state index contributed by atoms with van der Waals surface area (Å²) in [6.07, 6.45) is 7.68. The van der Waals surface area contributed by atoms with Crippen molar-refractivity contribution in [2.75, 3.05) is 0 Å². The van der Waals surface area contributed by atoms with Crippen LogP contribution in [0.4, 0.5) is 4.39 Å². The number of aliphatic imine (C=N–C) groups is 1. The van der Waals surface area contributed by atoms with Crippen LogP contribution in [0.2, 0.25) is 0 Å². The summed E-state index contributed by atoms with van der Waals surface area (Å²) in [7, 11) is 0. The van der Waals surface area contributed by atoms with E-state index < -0.39 is 5.82 Å². The van der Waals surface area contributed by atoms with Gasteiger partial charge >= 0.3 is 0 Å². The maximum absolute atomic E-state index is 14.6. The fourth-order valence-electron chi connectivity index (χ4n) is 2.47. The average molecular weight is 413 g/mol. The second-order valence-electron chi connectivity index (χ2n) is 6.05. The predicted octanol–water partition coefficient (Wildman–Crippen LogP) is 4.97. The second-order valence-corrected chi connectivity index (χ2v) is 6.46. The summed E-state index contributed by atoms with van der Waals surface area (Å²) in [5.74, 6) is -0.874. The highest BCUT2D eigenvalue weighted by Gasteiger charge is 2.13. The normalized spacial score (nSPS) is 12.3. The summed E-state index contributed by atoms with van der Waals surface area (Å²) < 4.78 is 14.6. The Bertz CT molecular complexity index is 1010. The van der Waals surface area contributed by atoms with E-state index in [9.17, 15) is 9.18 Å². The quantitative estimate of drug-likeness (QED) is 0.515. The molecule has 150 valence electrons. The second kappa shape index (κ2) is 10.4. The van der Waals surface area contributed by atoms with Crippen molar-refractivity contribution < 1.29 is 9.18 Å². The van der Waals surface area contributed by atoms with Crippen LogP contribution in [0.15, 0.2) is 60.0 Å². The number of amides is 1. The molecule has 0 radical (unpaired) electrons. The van der Waals surface area contributed by atoms with Crippen molar-refractivity contribution in [3.05, 3.63) is 77.8 Å². The van der Waals surface area contributed by atoms with Crippen molar-refractivity contribution in [1.29, 1.82) is 0 Å². The van der Waals surface area contributed by atoms with E-state index in [2.05, 4.69) is 26.9 Å². The third-order valence-corrected chi connectivity index (χ3v) is 4.40. The summed E-state index contributed by atoms with van der Waals surface area (Å²) in [5, 5.41) is 3.11. The Morgan fingerprint density at radius 1 is 1.38 bits per heavy atom. The molecule has 2 rings (SSSR count). The minimum absolute atomic E-state index is 0.123. The number of benzene rings is 1. The lowest BCUT2D eigenvalue weighted by atomic mass is 10.1. The van der Waals surface area contributed by atoms with E-state index in [1.54, 1.807) is 51.4 Å². The Balaban J connectivity index is 2.23. The monoisotopic (exact) mass is 412 g/mol. The summed E-state index contributed by atoms with van der Waals surface area (Å²) in [6.45, 7) is 8.97. The largest absolute Gasteiger partial charge is 0.324 e. The van der Waals surface area contributed by atoms with Gasteiger partial charge in [0.2, 0.25) is 5.91 Å². The van der Waals surface area contributed by atoms with Crippen LogP contribution < -0.4 is 5.32 Å². The highest BCUT2D eigenvalue weighted by molar-refractivity contribution is 6.48. The van der Waals surface area contributed by atoms with E-state index in [0.717, 1.165) is 0 Å². The van der Waals surface area contributed by atoms with Gasteiger partial charge in [-0.3, -0.25) is 14.8 Å². The molecule has 0 aliphatic rings. The Morgan fingerprint density at radius 2 is 2.14 bits per heavy atom. The lowest BCUT2D eigenvalue weighted by molar-refractivity contribution is -0.119. The van der Waals surface area contributed by atoms with Crippen molar-refractivity contribution in [1.82, 2.24) is 15.3 Å². The average Bonchev–Trinajstić information content (AvgIpc) is 2.72. The Kier molecular flexibility index (Phi) is 7.98. The number of rotatable bonds is 7. The fraction of sp³-hybridized carbons (Fsp3) is 0.182. The Hall–Kier alpha value is -3.12. The molecule has 5 nitrogen and oxygen atoms in total. The van der Waals surface area contributed by atoms with Crippen molar-refractivity contribution in [2.24, 2.45) is 4.99 Å². The Morgan fingerprint density at radius 3 is 2.76 bits per heavy atom. The first-order valence-electron chi connectivity index (χ1n) is 8.94. The van der Waals surface area contributed by atoms with Gasteiger partial charge in [-0.05, 0) is 38.5 Å². The smallest absolute Gasteiger partial charge is 0.228 e. The van der Waals surface area contributed by atoms with Crippen LogP contribution >= 0.6 is 11.6 Å². The molecule has 0 unspecified atom stereocenters. The minimum Gasteiger partial charge on any atom is -0.324 e. The number of nitrogens with one attached hydrogen (secondary N) is 1. The highest BCUT2D eigenvalue weighted by Crippen LogP contribution is 2.25. The molecule has 1 amide bonds. The molecule has 0 fully saturated rings. The lowest BCUT2D eigenvalue weighted by Gasteiger charge is -2.09. The first-order chi connectivity index (χ1) is 13.9. The molecule has 2 aromatic rings. The highest BCUT2D eigenvalue weighted by atomic mass is 35.5. The molecule has 0 atom stereocenters. The van der Waals surface area contributed by atoms with Crippen LogP contribution in [-0.4, -0.2) is 22.1 Å². The SMILES string of the molecule is C=C/C(=C\N=C/C)NC(=O)Cc1ccc(-c2cnc(C)c(/C(Cl)=C\C)n2)cc1F. The van der Waals surface area contributed by atoms with Gasteiger partial charge in [0.25, 0.3) is 0 Å². The van der Waals surface area contributed by atoms with E-state index >= 15 is 0 Å². The molecule has 1 heterocycles. The zero-order valence-electron chi connectivity index (χ0n) is 16.5. The van der Waals surface area contributed by atoms with Crippen LogP contribution in [0.3, 0.4) is 0 Å². The molecule has 0 bridgehead atoms. The van der Waals surface area contributed by atoms with Crippen LogP contribution in [-0.2, 0) is 11.2 Å². The number of aromatic nitrogens is 2. The molecule has 0 spiro atoms. The number of carbonyl (C=O) groups is 1. The molecule has 0 aliphatic heterocycles. The number of hydrogen-bond acceptors (Lipinski definition) is 4. The van der Waals surface area contributed by atoms with Gasteiger partial charge in [-0.25, -0.2) is 9.37 Å². The molecule has 1 aromatic heterocycles. The summed E-state index contributed by atoms with van der Waals surface area (Å²) in [4.78, 5) is 24.9. The van der Waals surface area contributed by atoms with Crippen molar-refractivity contribution in [3.8, 4) is 11.3 Å². The third kappa shape index (κ3) is 5.93. The van der Waals surface area contributed by atoms with Gasteiger partial charge in [0.05, 0.1) is 34.7 Å². The fourth-order valence-corrected chi connectivity index (χ4v) is 2.65. The van der Waals surface area contributed by atoms with Crippen molar-refractivity contribution in [3.63, 3.8) is 0 Å². The number of hydrogen-bond donors (Lipinski definition) is 1. The maximum atomic E-state index is 14.6. The molecule has 29 heavy (non-hydrogen) atoms. The molecular formula is C22H22ClFN4O. The zero-order valence-corrected chi connectivity index (χ0v) is 17.3. The maximum Gasteiger partial charge on any atom is 0.228 e. The number of halogens is 2. The molecular weight excluding hydrogens is 391 g/mol. The van der Waals surface area contributed by atoms with Crippen molar-refractivity contribution in [2.45, 2.75) is 27.2 Å². The van der Waals surface area contributed by atoms with E-state index in [1.807, 2.05) is 0 Å². The molecule has 0 saturated heterocycles. The van der Waals surface area contributed by atoms with Crippen LogP contribution in [0.25, 0.3) is 16.3 Å². The van der Waals surface area contributed by atoms with Crippen molar-refractivity contribution >= 4 is 28.8 Å². The van der Waals surface area contributed by atoms with Crippen LogP contribution in [0, 0.1) is 12.7 Å². The van der Waals surface area contributed by atoms with Gasteiger partial charge in [-0.15, -0.1) is 0 Å². The molecule has 0 aliphatic carbocycles.